The lowest BCUT2D eigenvalue weighted by atomic mass is 10.1. The standard InChI is InChI=1S/C12H23N3O3/c1-4-5-6-18-9-10(16)7-15-8-11(13-14-15)12(2,3)17/h8,10,16-17H,4-7,9H2,1-3H3. The first-order valence-electron chi connectivity index (χ1n) is 6.32. The van der Waals surface area contributed by atoms with Crippen LogP contribution in [0.2, 0.25) is 0 Å². The molecule has 6 heteroatoms. The Morgan fingerprint density at radius 3 is 2.78 bits per heavy atom. The van der Waals surface area contributed by atoms with Crippen molar-refractivity contribution in [1.82, 2.24) is 15.0 Å². The Labute approximate surface area is 108 Å². The van der Waals surface area contributed by atoms with E-state index in [0.29, 0.717) is 18.8 Å². The van der Waals surface area contributed by atoms with Gasteiger partial charge in [0.1, 0.15) is 11.3 Å². The van der Waals surface area contributed by atoms with Crippen molar-refractivity contribution in [2.75, 3.05) is 13.2 Å². The van der Waals surface area contributed by atoms with E-state index in [-0.39, 0.29) is 6.61 Å². The smallest absolute Gasteiger partial charge is 0.114 e. The maximum Gasteiger partial charge on any atom is 0.114 e. The van der Waals surface area contributed by atoms with Gasteiger partial charge < -0.3 is 14.9 Å². The van der Waals surface area contributed by atoms with E-state index < -0.39 is 11.7 Å². The number of aliphatic hydroxyl groups excluding tert-OH is 1. The summed E-state index contributed by atoms with van der Waals surface area (Å²) in [6, 6.07) is 0. The molecule has 0 fully saturated rings. The van der Waals surface area contributed by atoms with Crippen LogP contribution in [0.1, 0.15) is 39.3 Å². The molecule has 0 aliphatic rings. The van der Waals surface area contributed by atoms with Crippen LogP contribution in [0.3, 0.4) is 0 Å². The van der Waals surface area contributed by atoms with Crippen LogP contribution >= 0.6 is 0 Å². The zero-order chi connectivity index (χ0) is 13.6. The first-order valence-corrected chi connectivity index (χ1v) is 6.32. The molecule has 6 nitrogen and oxygen atoms in total. The lowest BCUT2D eigenvalue weighted by Crippen LogP contribution is -2.22. The summed E-state index contributed by atoms with van der Waals surface area (Å²) < 4.78 is 6.84. The normalized spacial score (nSPS) is 13.8. The number of nitrogens with zero attached hydrogens (tertiary/aromatic N) is 3. The lowest BCUT2D eigenvalue weighted by Gasteiger charge is -2.12. The molecule has 0 aliphatic heterocycles. The predicted molar refractivity (Wildman–Crippen MR) is 67.0 cm³/mol. The minimum absolute atomic E-state index is 0.289. The van der Waals surface area contributed by atoms with Crippen LogP contribution in [0.25, 0.3) is 0 Å². The molecule has 0 saturated carbocycles. The number of unbranched alkanes of at least 4 members (excludes halogenated alkanes) is 1. The van der Waals surface area contributed by atoms with Crippen LogP contribution in [-0.4, -0.2) is 44.5 Å². The fraction of sp³-hybridized carbons (Fsp3) is 0.833. The number of aliphatic hydroxyl groups is 2. The SMILES string of the molecule is CCCCOCC(O)Cn1cc(C(C)(C)O)nn1. The summed E-state index contributed by atoms with van der Waals surface area (Å²) in [5.41, 5.74) is -0.525. The van der Waals surface area contributed by atoms with Crippen LogP contribution in [0.5, 0.6) is 0 Å². The van der Waals surface area contributed by atoms with Gasteiger partial charge in [-0.1, -0.05) is 18.6 Å². The molecule has 0 spiro atoms. The van der Waals surface area contributed by atoms with E-state index in [2.05, 4.69) is 17.2 Å². The summed E-state index contributed by atoms with van der Waals surface area (Å²) >= 11 is 0. The number of ether oxygens (including phenoxy) is 1. The Hall–Kier alpha value is -0.980. The predicted octanol–water partition coefficient (Wildman–Crippen LogP) is 0.683. The number of aromatic nitrogens is 3. The van der Waals surface area contributed by atoms with Gasteiger partial charge in [-0.25, -0.2) is 4.68 Å². The van der Waals surface area contributed by atoms with Crippen molar-refractivity contribution < 1.29 is 14.9 Å². The highest BCUT2D eigenvalue weighted by Crippen LogP contribution is 2.15. The minimum atomic E-state index is -1.01. The molecular formula is C12H23N3O3. The molecule has 1 atom stereocenters. The minimum Gasteiger partial charge on any atom is -0.389 e. The summed E-state index contributed by atoms with van der Waals surface area (Å²) in [4.78, 5) is 0. The second-order valence-electron chi connectivity index (χ2n) is 4.97. The van der Waals surface area contributed by atoms with Crippen molar-refractivity contribution in [3.05, 3.63) is 11.9 Å². The summed E-state index contributed by atoms with van der Waals surface area (Å²) in [6.07, 6.45) is 3.10. The number of rotatable bonds is 8. The van der Waals surface area contributed by atoms with Crippen molar-refractivity contribution in [1.29, 1.82) is 0 Å². The Balaban J connectivity index is 2.35. The molecule has 18 heavy (non-hydrogen) atoms. The largest absolute Gasteiger partial charge is 0.389 e. The Bertz CT molecular complexity index is 347. The lowest BCUT2D eigenvalue weighted by molar-refractivity contribution is 0.0250. The van der Waals surface area contributed by atoms with Gasteiger partial charge in [0.15, 0.2) is 0 Å². The van der Waals surface area contributed by atoms with Crippen LogP contribution in [0, 0.1) is 0 Å². The first-order chi connectivity index (χ1) is 8.43. The van der Waals surface area contributed by atoms with Gasteiger partial charge in [0.2, 0.25) is 0 Å². The Morgan fingerprint density at radius 2 is 2.22 bits per heavy atom. The number of hydrogen-bond donors (Lipinski definition) is 2. The molecule has 0 saturated heterocycles. The molecule has 1 rings (SSSR count). The van der Waals surface area contributed by atoms with Crippen LogP contribution < -0.4 is 0 Å². The van der Waals surface area contributed by atoms with Gasteiger partial charge in [-0.05, 0) is 20.3 Å². The van der Waals surface area contributed by atoms with E-state index >= 15 is 0 Å². The molecule has 0 aliphatic carbocycles. The van der Waals surface area contributed by atoms with Gasteiger partial charge in [-0.2, -0.15) is 0 Å². The quantitative estimate of drug-likeness (QED) is 0.669. The molecule has 0 aromatic carbocycles. The van der Waals surface area contributed by atoms with E-state index in [4.69, 9.17) is 4.74 Å². The maximum absolute atomic E-state index is 9.74. The van der Waals surface area contributed by atoms with Crippen molar-refractivity contribution in [3.8, 4) is 0 Å². The van der Waals surface area contributed by atoms with E-state index in [1.807, 2.05) is 0 Å². The maximum atomic E-state index is 9.74. The van der Waals surface area contributed by atoms with E-state index in [1.54, 1.807) is 20.0 Å². The van der Waals surface area contributed by atoms with Gasteiger partial charge in [-0.3, -0.25) is 0 Å². The fourth-order valence-corrected chi connectivity index (χ4v) is 1.40. The summed E-state index contributed by atoms with van der Waals surface area (Å²) in [6.45, 7) is 6.65. The fourth-order valence-electron chi connectivity index (χ4n) is 1.40. The molecule has 1 heterocycles. The second kappa shape index (κ2) is 6.82. The average molecular weight is 257 g/mol. The number of hydrogen-bond acceptors (Lipinski definition) is 5. The molecule has 104 valence electrons. The van der Waals surface area contributed by atoms with Gasteiger partial charge in [-0.15, -0.1) is 5.10 Å². The average Bonchev–Trinajstić information content (AvgIpc) is 2.72. The molecule has 1 aromatic rings. The zero-order valence-corrected chi connectivity index (χ0v) is 11.3. The van der Waals surface area contributed by atoms with Crippen LogP contribution in [0.15, 0.2) is 6.20 Å². The third-order valence-corrected chi connectivity index (χ3v) is 2.52. The highest BCUT2D eigenvalue weighted by molar-refractivity contribution is 5.02. The highest BCUT2D eigenvalue weighted by atomic mass is 16.5. The van der Waals surface area contributed by atoms with Gasteiger partial charge in [0.25, 0.3) is 0 Å². The van der Waals surface area contributed by atoms with Crippen LogP contribution in [-0.2, 0) is 16.9 Å². The van der Waals surface area contributed by atoms with E-state index in [1.165, 1.54) is 4.68 Å². The highest BCUT2D eigenvalue weighted by Gasteiger charge is 2.20. The Kier molecular flexibility index (Phi) is 5.71. The zero-order valence-electron chi connectivity index (χ0n) is 11.3. The first kappa shape index (κ1) is 15.1. The summed E-state index contributed by atoms with van der Waals surface area (Å²) in [7, 11) is 0. The van der Waals surface area contributed by atoms with Crippen molar-refractivity contribution in [3.63, 3.8) is 0 Å². The molecule has 1 unspecified atom stereocenters. The third-order valence-electron chi connectivity index (χ3n) is 2.52. The third kappa shape index (κ3) is 5.12. The molecule has 0 radical (unpaired) electrons. The van der Waals surface area contributed by atoms with Gasteiger partial charge in [0, 0.05) is 6.61 Å². The summed E-state index contributed by atoms with van der Waals surface area (Å²) in [5.74, 6) is 0. The summed E-state index contributed by atoms with van der Waals surface area (Å²) in [5, 5.41) is 27.2. The molecular weight excluding hydrogens is 234 g/mol. The molecule has 1 aromatic heterocycles. The van der Waals surface area contributed by atoms with E-state index in [0.717, 1.165) is 12.8 Å². The van der Waals surface area contributed by atoms with Crippen molar-refractivity contribution in [2.24, 2.45) is 0 Å². The van der Waals surface area contributed by atoms with Gasteiger partial charge >= 0.3 is 0 Å². The monoisotopic (exact) mass is 257 g/mol. The van der Waals surface area contributed by atoms with Crippen molar-refractivity contribution in [2.45, 2.75) is 51.9 Å². The van der Waals surface area contributed by atoms with Crippen LogP contribution in [0.4, 0.5) is 0 Å². The van der Waals surface area contributed by atoms with Gasteiger partial charge in [0.05, 0.1) is 25.5 Å². The molecule has 0 amide bonds. The van der Waals surface area contributed by atoms with E-state index in [9.17, 15) is 10.2 Å². The molecule has 0 bridgehead atoms. The molecule has 2 N–H and O–H groups in total. The second-order valence-corrected chi connectivity index (χ2v) is 4.97. The Morgan fingerprint density at radius 1 is 1.50 bits per heavy atom. The topological polar surface area (TPSA) is 80.4 Å². The van der Waals surface area contributed by atoms with Crippen molar-refractivity contribution >= 4 is 0 Å².